The van der Waals surface area contributed by atoms with Gasteiger partial charge in [0.25, 0.3) is 0 Å². The summed E-state index contributed by atoms with van der Waals surface area (Å²) in [6.07, 6.45) is 0.307. The van der Waals surface area contributed by atoms with E-state index in [2.05, 4.69) is 8.92 Å². The normalized spacial score (nSPS) is 11.2. The molecule has 0 saturated heterocycles. The SMILES string of the molecule is COC(=O)c1ccc(CCOS(=O)(=O)O)cc1. The minimum atomic E-state index is -4.39. The molecule has 1 aromatic rings. The summed E-state index contributed by atoms with van der Waals surface area (Å²) in [5.41, 5.74) is 1.19. The molecule has 0 saturated carbocycles. The van der Waals surface area contributed by atoms with Crippen molar-refractivity contribution in [2.75, 3.05) is 13.7 Å². The molecule has 0 bridgehead atoms. The van der Waals surface area contributed by atoms with E-state index in [4.69, 9.17) is 4.55 Å². The quantitative estimate of drug-likeness (QED) is 0.623. The average Bonchev–Trinajstić information content (AvgIpc) is 2.27. The molecule has 6 nitrogen and oxygen atoms in total. The van der Waals surface area contributed by atoms with Gasteiger partial charge >= 0.3 is 16.4 Å². The van der Waals surface area contributed by atoms with Gasteiger partial charge in [-0.1, -0.05) is 12.1 Å². The first-order valence-corrected chi connectivity index (χ1v) is 6.08. The van der Waals surface area contributed by atoms with Crippen molar-refractivity contribution in [1.82, 2.24) is 0 Å². The molecule has 0 aromatic heterocycles. The molecule has 0 fully saturated rings. The second-order valence-corrected chi connectivity index (χ2v) is 4.28. The van der Waals surface area contributed by atoms with Crippen LogP contribution in [0.5, 0.6) is 0 Å². The minimum Gasteiger partial charge on any atom is -0.465 e. The molecule has 0 aliphatic carbocycles. The number of carbonyl (C=O) groups excluding carboxylic acids is 1. The first-order chi connectivity index (χ1) is 7.92. The van der Waals surface area contributed by atoms with Crippen LogP contribution in [0.4, 0.5) is 0 Å². The minimum absolute atomic E-state index is 0.156. The molecule has 1 rings (SSSR count). The largest absolute Gasteiger partial charge is 0.465 e. The lowest BCUT2D eigenvalue weighted by atomic mass is 10.1. The van der Waals surface area contributed by atoms with E-state index in [1.54, 1.807) is 24.3 Å². The monoisotopic (exact) mass is 260 g/mol. The maximum absolute atomic E-state index is 11.1. The standard InChI is InChI=1S/C10H12O6S/c1-15-10(11)9-4-2-8(3-5-9)6-7-16-17(12,13)14/h2-5H,6-7H2,1H3,(H,12,13,14). The fourth-order valence-electron chi connectivity index (χ4n) is 1.19. The molecule has 0 radical (unpaired) electrons. The Balaban J connectivity index is 2.54. The Morgan fingerprint density at radius 2 is 1.88 bits per heavy atom. The van der Waals surface area contributed by atoms with Crippen LogP contribution in [0.15, 0.2) is 24.3 Å². The predicted octanol–water partition coefficient (Wildman–Crippen LogP) is 0.835. The summed E-state index contributed by atoms with van der Waals surface area (Å²) < 4.78 is 37.6. The number of hydrogen-bond donors (Lipinski definition) is 1. The summed E-state index contributed by atoms with van der Waals surface area (Å²) in [5, 5.41) is 0. The highest BCUT2D eigenvalue weighted by Gasteiger charge is 2.06. The van der Waals surface area contributed by atoms with Crippen molar-refractivity contribution < 1.29 is 26.7 Å². The molecule has 0 spiro atoms. The molecular weight excluding hydrogens is 248 g/mol. The van der Waals surface area contributed by atoms with E-state index in [9.17, 15) is 13.2 Å². The lowest BCUT2D eigenvalue weighted by Gasteiger charge is -2.02. The van der Waals surface area contributed by atoms with Gasteiger partial charge in [-0.25, -0.2) is 8.98 Å². The molecule has 1 N–H and O–H groups in total. The van der Waals surface area contributed by atoms with Gasteiger partial charge in [-0.2, -0.15) is 8.42 Å². The Labute approximate surface area is 99.1 Å². The molecule has 7 heteroatoms. The van der Waals surface area contributed by atoms with Crippen molar-refractivity contribution >= 4 is 16.4 Å². The molecule has 0 aliphatic heterocycles. The number of hydrogen-bond acceptors (Lipinski definition) is 5. The second kappa shape index (κ2) is 5.76. The van der Waals surface area contributed by atoms with Gasteiger partial charge in [-0.3, -0.25) is 4.55 Å². The molecule has 94 valence electrons. The number of rotatable bonds is 5. The van der Waals surface area contributed by atoms with Gasteiger partial charge in [0.2, 0.25) is 0 Å². The Bertz CT molecular complexity index is 476. The fourth-order valence-corrected chi connectivity index (χ4v) is 1.48. The summed E-state index contributed by atoms with van der Waals surface area (Å²) in [4.78, 5) is 11.1. The molecular formula is C10H12O6S. The molecule has 17 heavy (non-hydrogen) atoms. The average molecular weight is 260 g/mol. The molecule has 0 aliphatic rings. The van der Waals surface area contributed by atoms with Crippen LogP contribution in [0.25, 0.3) is 0 Å². The van der Waals surface area contributed by atoms with Crippen molar-refractivity contribution in [3.05, 3.63) is 35.4 Å². The van der Waals surface area contributed by atoms with E-state index >= 15 is 0 Å². The van der Waals surface area contributed by atoms with Gasteiger partial charge in [0.15, 0.2) is 0 Å². The number of ether oxygens (including phenoxy) is 1. The molecule has 0 atom stereocenters. The van der Waals surface area contributed by atoms with Crippen LogP contribution in [0, 0.1) is 0 Å². The van der Waals surface area contributed by atoms with Gasteiger partial charge in [-0.05, 0) is 24.1 Å². The summed E-state index contributed by atoms with van der Waals surface area (Å²) in [7, 11) is -3.11. The van der Waals surface area contributed by atoms with E-state index in [0.717, 1.165) is 5.56 Å². The van der Waals surface area contributed by atoms with Crippen molar-refractivity contribution in [1.29, 1.82) is 0 Å². The van der Waals surface area contributed by atoms with Gasteiger partial charge in [0.05, 0.1) is 19.3 Å². The van der Waals surface area contributed by atoms with Crippen molar-refractivity contribution in [3.63, 3.8) is 0 Å². The van der Waals surface area contributed by atoms with Gasteiger partial charge in [0.1, 0.15) is 0 Å². The summed E-state index contributed by atoms with van der Waals surface area (Å²) in [6, 6.07) is 6.43. The first-order valence-electron chi connectivity index (χ1n) is 4.71. The van der Waals surface area contributed by atoms with Crippen LogP contribution in [0.1, 0.15) is 15.9 Å². The number of esters is 1. The third-order valence-electron chi connectivity index (χ3n) is 2.00. The van der Waals surface area contributed by atoms with Gasteiger partial charge < -0.3 is 4.74 Å². The fraction of sp³-hybridized carbons (Fsp3) is 0.300. The highest BCUT2D eigenvalue weighted by Crippen LogP contribution is 2.06. The van der Waals surface area contributed by atoms with E-state index in [1.807, 2.05) is 0 Å². The lowest BCUT2D eigenvalue weighted by Crippen LogP contribution is -2.07. The second-order valence-electron chi connectivity index (χ2n) is 3.19. The summed E-state index contributed by atoms with van der Waals surface area (Å²) >= 11 is 0. The summed E-state index contributed by atoms with van der Waals surface area (Å²) in [5.74, 6) is -0.439. The Morgan fingerprint density at radius 1 is 1.29 bits per heavy atom. The van der Waals surface area contributed by atoms with Crippen LogP contribution in [0.3, 0.4) is 0 Å². The zero-order chi connectivity index (χ0) is 12.9. The van der Waals surface area contributed by atoms with E-state index in [1.165, 1.54) is 7.11 Å². The topological polar surface area (TPSA) is 89.9 Å². The van der Waals surface area contributed by atoms with Crippen molar-refractivity contribution in [3.8, 4) is 0 Å². The molecule has 0 heterocycles. The third kappa shape index (κ3) is 4.94. The Morgan fingerprint density at radius 3 is 2.35 bits per heavy atom. The maximum atomic E-state index is 11.1. The number of carbonyl (C=O) groups is 1. The number of methoxy groups -OCH3 is 1. The zero-order valence-electron chi connectivity index (χ0n) is 9.12. The lowest BCUT2D eigenvalue weighted by molar-refractivity contribution is 0.0600. The van der Waals surface area contributed by atoms with Gasteiger partial charge in [0, 0.05) is 0 Å². The highest BCUT2D eigenvalue weighted by molar-refractivity contribution is 7.80. The Kier molecular flexibility index (Phi) is 4.62. The van der Waals surface area contributed by atoms with Crippen LogP contribution in [-0.4, -0.2) is 32.7 Å². The third-order valence-corrected chi connectivity index (χ3v) is 2.46. The highest BCUT2D eigenvalue weighted by atomic mass is 32.3. The maximum Gasteiger partial charge on any atom is 0.397 e. The van der Waals surface area contributed by atoms with E-state index < -0.39 is 16.4 Å². The van der Waals surface area contributed by atoms with Gasteiger partial charge in [-0.15, -0.1) is 0 Å². The summed E-state index contributed by atoms with van der Waals surface area (Å²) in [6.45, 7) is -0.156. The Hall–Kier alpha value is -1.44. The number of benzene rings is 1. The predicted molar refractivity (Wildman–Crippen MR) is 59.0 cm³/mol. The smallest absolute Gasteiger partial charge is 0.397 e. The molecule has 1 aromatic carbocycles. The van der Waals surface area contributed by atoms with Crippen LogP contribution in [-0.2, 0) is 25.7 Å². The van der Waals surface area contributed by atoms with Crippen LogP contribution in [0.2, 0.25) is 0 Å². The molecule has 0 amide bonds. The van der Waals surface area contributed by atoms with Crippen molar-refractivity contribution in [2.45, 2.75) is 6.42 Å². The zero-order valence-corrected chi connectivity index (χ0v) is 9.94. The molecule has 0 unspecified atom stereocenters. The first kappa shape index (κ1) is 13.6. The van der Waals surface area contributed by atoms with Crippen molar-refractivity contribution in [2.24, 2.45) is 0 Å². The van der Waals surface area contributed by atoms with Crippen LogP contribution < -0.4 is 0 Å². The van der Waals surface area contributed by atoms with E-state index in [0.29, 0.717) is 12.0 Å². The van der Waals surface area contributed by atoms with Crippen LogP contribution >= 0.6 is 0 Å². The van der Waals surface area contributed by atoms with E-state index in [-0.39, 0.29) is 6.61 Å².